The molecule has 0 unspecified atom stereocenters. The van der Waals surface area contributed by atoms with Crippen molar-refractivity contribution in [2.75, 3.05) is 4.90 Å². The summed E-state index contributed by atoms with van der Waals surface area (Å²) in [6, 6.07) is 8.14. The van der Waals surface area contributed by atoms with Crippen LogP contribution in [0.3, 0.4) is 0 Å². The zero-order chi connectivity index (χ0) is 12.7. The zero-order valence-corrected chi connectivity index (χ0v) is 10.8. The number of aromatic nitrogens is 1. The molecule has 0 atom stereocenters. The number of nitrogens with zero attached hydrogens (tertiary/aromatic N) is 2. The molecule has 0 fully saturated rings. The van der Waals surface area contributed by atoms with Crippen LogP contribution in [0.15, 0.2) is 24.3 Å². The van der Waals surface area contributed by atoms with Crippen molar-refractivity contribution in [2.24, 2.45) is 0 Å². The van der Waals surface area contributed by atoms with Crippen LogP contribution in [-0.4, -0.2) is 16.1 Å². The second-order valence-electron chi connectivity index (χ2n) is 4.05. The first-order chi connectivity index (χ1) is 8.65. The number of hydrogen-bond donors (Lipinski definition) is 1. The lowest BCUT2D eigenvalue weighted by molar-refractivity contribution is 0.0702. The Morgan fingerprint density at radius 2 is 1.94 bits per heavy atom. The van der Waals surface area contributed by atoms with E-state index in [4.69, 9.17) is 16.7 Å². The van der Waals surface area contributed by atoms with Gasteiger partial charge in [-0.25, -0.2) is 9.78 Å². The lowest BCUT2D eigenvalue weighted by atomic mass is 10.1. The van der Waals surface area contributed by atoms with E-state index in [0.29, 0.717) is 5.13 Å². The molecule has 4 nitrogen and oxygen atoms in total. The predicted octanol–water partition coefficient (Wildman–Crippen LogP) is 3.01. The van der Waals surface area contributed by atoms with Crippen molar-refractivity contribution < 1.29 is 9.90 Å². The molecule has 2 aromatic rings. The van der Waals surface area contributed by atoms with Crippen molar-refractivity contribution in [3.63, 3.8) is 0 Å². The lowest BCUT2D eigenvalue weighted by Crippen LogP contribution is -2.13. The monoisotopic (exact) mass is 280 g/mol. The average molecular weight is 281 g/mol. The maximum absolute atomic E-state index is 10.9. The second kappa shape index (κ2) is 4.26. The molecule has 0 amide bonds. The van der Waals surface area contributed by atoms with E-state index >= 15 is 0 Å². The summed E-state index contributed by atoms with van der Waals surface area (Å²) in [6.45, 7) is 1.50. The molecular weight excluding hydrogens is 272 g/mol. The summed E-state index contributed by atoms with van der Waals surface area (Å²) in [6.07, 6.45) is 0. The van der Waals surface area contributed by atoms with E-state index in [1.54, 1.807) is 0 Å². The van der Waals surface area contributed by atoms with E-state index < -0.39 is 5.97 Å². The minimum atomic E-state index is -1.03. The Kier molecular flexibility index (Phi) is 2.72. The van der Waals surface area contributed by atoms with Gasteiger partial charge in [-0.15, -0.1) is 0 Å². The van der Waals surface area contributed by atoms with Gasteiger partial charge in [0.25, 0.3) is 0 Å². The van der Waals surface area contributed by atoms with Crippen LogP contribution in [0.4, 0.5) is 5.13 Å². The van der Waals surface area contributed by atoms with Gasteiger partial charge >= 0.3 is 5.97 Å². The van der Waals surface area contributed by atoms with Crippen LogP contribution in [0.2, 0.25) is 5.15 Å². The van der Waals surface area contributed by atoms with Crippen LogP contribution in [0, 0.1) is 0 Å². The lowest BCUT2D eigenvalue weighted by Gasteiger charge is -2.12. The summed E-state index contributed by atoms with van der Waals surface area (Å²) in [5.74, 6) is -1.03. The van der Waals surface area contributed by atoms with Gasteiger partial charge in [0.05, 0.1) is 0 Å². The molecule has 1 aromatic carbocycles. The predicted molar refractivity (Wildman–Crippen MR) is 70.4 cm³/mol. The van der Waals surface area contributed by atoms with Gasteiger partial charge < -0.3 is 10.0 Å². The number of benzene rings is 1. The van der Waals surface area contributed by atoms with Gasteiger partial charge in [0.15, 0.2) is 15.2 Å². The maximum Gasteiger partial charge on any atom is 0.349 e. The zero-order valence-electron chi connectivity index (χ0n) is 9.26. The molecule has 0 radical (unpaired) electrons. The average Bonchev–Trinajstić information content (AvgIpc) is 2.91. The van der Waals surface area contributed by atoms with Crippen LogP contribution < -0.4 is 4.90 Å². The van der Waals surface area contributed by atoms with E-state index in [-0.39, 0.29) is 10.0 Å². The van der Waals surface area contributed by atoms with Gasteiger partial charge in [-0.2, -0.15) is 0 Å². The van der Waals surface area contributed by atoms with Crippen molar-refractivity contribution in [2.45, 2.75) is 13.1 Å². The minimum Gasteiger partial charge on any atom is -0.477 e. The summed E-state index contributed by atoms with van der Waals surface area (Å²) in [4.78, 5) is 17.2. The van der Waals surface area contributed by atoms with E-state index in [1.165, 1.54) is 11.1 Å². The summed E-state index contributed by atoms with van der Waals surface area (Å²) in [7, 11) is 0. The van der Waals surface area contributed by atoms with Gasteiger partial charge in [0.2, 0.25) is 0 Å². The number of anilines is 1. The Morgan fingerprint density at radius 3 is 2.44 bits per heavy atom. The first kappa shape index (κ1) is 11.5. The third-order valence-corrected chi connectivity index (χ3v) is 4.37. The summed E-state index contributed by atoms with van der Waals surface area (Å²) < 4.78 is 0. The van der Waals surface area contributed by atoms with E-state index in [2.05, 4.69) is 17.1 Å². The number of thiazole rings is 1. The number of rotatable bonds is 2. The minimum absolute atomic E-state index is 0.0680. The molecule has 0 bridgehead atoms. The normalized spacial score (nSPS) is 13.7. The van der Waals surface area contributed by atoms with Gasteiger partial charge in [0, 0.05) is 13.1 Å². The van der Waals surface area contributed by atoms with Crippen molar-refractivity contribution >= 4 is 34.0 Å². The third kappa shape index (κ3) is 1.85. The Labute approximate surface area is 112 Å². The molecule has 92 valence electrons. The summed E-state index contributed by atoms with van der Waals surface area (Å²) in [5.41, 5.74) is 2.50. The molecule has 18 heavy (non-hydrogen) atoms. The SMILES string of the molecule is O=C(O)c1sc(N2Cc3ccccc3C2)nc1Cl. The molecule has 0 saturated carbocycles. The van der Waals surface area contributed by atoms with E-state index in [1.807, 2.05) is 17.0 Å². The first-order valence-electron chi connectivity index (χ1n) is 5.36. The van der Waals surface area contributed by atoms with Crippen molar-refractivity contribution in [3.8, 4) is 0 Å². The Bertz CT molecular complexity index is 601. The highest BCUT2D eigenvalue weighted by atomic mass is 35.5. The maximum atomic E-state index is 10.9. The fourth-order valence-corrected chi connectivity index (χ4v) is 3.15. The van der Waals surface area contributed by atoms with E-state index in [9.17, 15) is 4.79 Å². The van der Waals surface area contributed by atoms with Crippen molar-refractivity contribution in [1.29, 1.82) is 0 Å². The number of hydrogen-bond acceptors (Lipinski definition) is 4. The molecule has 3 rings (SSSR count). The molecule has 6 heteroatoms. The van der Waals surface area contributed by atoms with Crippen LogP contribution in [0.25, 0.3) is 0 Å². The topological polar surface area (TPSA) is 53.4 Å². The summed E-state index contributed by atoms with van der Waals surface area (Å²) in [5, 5.41) is 9.69. The standard InChI is InChI=1S/C12H9ClN2O2S/c13-10-9(11(16)17)18-12(14-10)15-5-7-3-1-2-4-8(7)6-15/h1-4H,5-6H2,(H,16,17). The third-order valence-electron chi connectivity index (χ3n) is 2.88. The van der Waals surface area contributed by atoms with Crippen LogP contribution in [-0.2, 0) is 13.1 Å². The number of aromatic carboxylic acids is 1. The van der Waals surface area contributed by atoms with Gasteiger partial charge in [-0.3, -0.25) is 0 Å². The second-order valence-corrected chi connectivity index (χ2v) is 5.38. The van der Waals surface area contributed by atoms with E-state index in [0.717, 1.165) is 24.4 Å². The van der Waals surface area contributed by atoms with Crippen molar-refractivity contribution in [1.82, 2.24) is 4.98 Å². The first-order valence-corrected chi connectivity index (χ1v) is 6.56. The Morgan fingerprint density at radius 1 is 1.33 bits per heavy atom. The molecule has 0 aliphatic carbocycles. The Balaban J connectivity index is 1.91. The van der Waals surface area contributed by atoms with Crippen LogP contribution in [0.1, 0.15) is 20.8 Å². The largest absolute Gasteiger partial charge is 0.477 e. The molecular formula is C12H9ClN2O2S. The fraction of sp³-hybridized carbons (Fsp3) is 0.167. The summed E-state index contributed by atoms with van der Waals surface area (Å²) >= 11 is 6.94. The fourth-order valence-electron chi connectivity index (χ4n) is 2.03. The number of halogens is 1. The molecule has 1 aliphatic heterocycles. The van der Waals surface area contributed by atoms with Gasteiger partial charge in [-0.1, -0.05) is 47.2 Å². The highest BCUT2D eigenvalue weighted by Gasteiger charge is 2.24. The molecule has 1 aromatic heterocycles. The number of carboxylic acids is 1. The smallest absolute Gasteiger partial charge is 0.349 e. The highest BCUT2D eigenvalue weighted by molar-refractivity contribution is 7.18. The number of carbonyl (C=O) groups is 1. The van der Waals surface area contributed by atoms with Gasteiger partial charge in [-0.05, 0) is 11.1 Å². The number of fused-ring (bicyclic) bond motifs is 1. The van der Waals surface area contributed by atoms with Crippen LogP contribution in [0.5, 0.6) is 0 Å². The quantitative estimate of drug-likeness (QED) is 0.919. The Hall–Kier alpha value is -1.59. The molecule has 0 spiro atoms. The molecule has 1 N–H and O–H groups in total. The molecule has 2 heterocycles. The van der Waals surface area contributed by atoms with Gasteiger partial charge in [0.1, 0.15) is 0 Å². The number of carboxylic acid groups (broad SMARTS) is 1. The highest BCUT2D eigenvalue weighted by Crippen LogP contribution is 2.34. The molecule has 1 aliphatic rings. The van der Waals surface area contributed by atoms with Crippen LogP contribution >= 0.6 is 22.9 Å². The van der Waals surface area contributed by atoms with Crippen molar-refractivity contribution in [3.05, 3.63) is 45.4 Å². The molecule has 0 saturated heterocycles.